The molecule has 1 unspecified atom stereocenters. The molecule has 1 atom stereocenters. The Bertz CT molecular complexity index is 294. The summed E-state index contributed by atoms with van der Waals surface area (Å²) in [6.45, 7) is 3.40. The predicted octanol–water partition coefficient (Wildman–Crippen LogP) is 1.30. The van der Waals surface area contributed by atoms with Gasteiger partial charge in [0.25, 0.3) is 0 Å². The highest BCUT2D eigenvalue weighted by molar-refractivity contribution is 7.09. The first kappa shape index (κ1) is 11.1. The second-order valence-corrected chi connectivity index (χ2v) is 5.45. The number of rotatable bonds is 4. The highest BCUT2D eigenvalue weighted by Gasteiger charge is 2.31. The molecule has 1 aliphatic rings. The molecule has 0 spiro atoms. The van der Waals surface area contributed by atoms with Crippen LogP contribution in [0.25, 0.3) is 0 Å². The Labute approximate surface area is 94.8 Å². The normalized spacial score (nSPS) is 26.3. The lowest BCUT2D eigenvalue weighted by molar-refractivity contribution is 0.160. The number of nitrogens with zero attached hydrogens (tertiary/aromatic N) is 1. The maximum Gasteiger partial charge on any atom is 0.0659 e. The van der Waals surface area contributed by atoms with Crippen molar-refractivity contribution in [3.8, 4) is 0 Å². The Morgan fingerprint density at radius 3 is 3.13 bits per heavy atom. The number of likely N-dealkylation sites (N-methyl/N-ethyl adjacent to an activating group) is 1. The van der Waals surface area contributed by atoms with E-state index in [1.807, 2.05) is 0 Å². The molecule has 0 amide bonds. The Kier molecular flexibility index (Phi) is 3.41. The fraction of sp³-hybridized carbons (Fsp3) is 0.636. The summed E-state index contributed by atoms with van der Waals surface area (Å²) in [5.41, 5.74) is 6.09. The van der Waals surface area contributed by atoms with Gasteiger partial charge in [0.1, 0.15) is 0 Å². The molecule has 1 saturated heterocycles. The third-order valence-corrected chi connectivity index (χ3v) is 3.59. The van der Waals surface area contributed by atoms with Gasteiger partial charge in [-0.05, 0) is 24.9 Å². The minimum absolute atomic E-state index is 0.133. The molecule has 1 aromatic rings. The van der Waals surface area contributed by atoms with Crippen LogP contribution in [0.2, 0.25) is 0 Å². The zero-order chi connectivity index (χ0) is 10.7. The fourth-order valence-corrected chi connectivity index (χ4v) is 2.79. The van der Waals surface area contributed by atoms with Crippen LogP contribution in [0, 0.1) is 0 Å². The van der Waals surface area contributed by atoms with Crippen LogP contribution in [0.1, 0.15) is 11.3 Å². The van der Waals surface area contributed by atoms with Gasteiger partial charge in [0.05, 0.1) is 12.1 Å². The van der Waals surface area contributed by atoms with Gasteiger partial charge in [-0.2, -0.15) is 0 Å². The summed E-state index contributed by atoms with van der Waals surface area (Å²) in [5, 5.41) is 2.11. The molecule has 0 bridgehead atoms. The molecular weight excluding hydrogens is 208 g/mol. The van der Waals surface area contributed by atoms with E-state index in [-0.39, 0.29) is 5.54 Å². The van der Waals surface area contributed by atoms with Crippen LogP contribution in [0.5, 0.6) is 0 Å². The molecule has 15 heavy (non-hydrogen) atoms. The van der Waals surface area contributed by atoms with Gasteiger partial charge in [-0.3, -0.25) is 4.90 Å². The number of hydrogen-bond acceptors (Lipinski definition) is 4. The molecule has 1 aliphatic heterocycles. The lowest BCUT2D eigenvalue weighted by Gasteiger charge is -2.28. The van der Waals surface area contributed by atoms with Crippen LogP contribution in [-0.2, 0) is 11.3 Å². The summed E-state index contributed by atoms with van der Waals surface area (Å²) in [6.07, 6.45) is 0.974. The van der Waals surface area contributed by atoms with E-state index in [0.29, 0.717) is 6.61 Å². The average molecular weight is 226 g/mol. The molecule has 0 aromatic carbocycles. The highest BCUT2D eigenvalue weighted by Crippen LogP contribution is 2.18. The molecule has 2 heterocycles. The highest BCUT2D eigenvalue weighted by atomic mass is 32.1. The summed E-state index contributed by atoms with van der Waals surface area (Å²) >= 11 is 1.79. The summed E-state index contributed by atoms with van der Waals surface area (Å²) in [6, 6.07) is 4.25. The summed E-state index contributed by atoms with van der Waals surface area (Å²) in [7, 11) is 2.12. The van der Waals surface area contributed by atoms with Gasteiger partial charge in [-0.25, -0.2) is 0 Å². The number of nitrogens with two attached hydrogens (primary N) is 1. The zero-order valence-electron chi connectivity index (χ0n) is 9.11. The summed E-state index contributed by atoms with van der Waals surface area (Å²) in [5.74, 6) is 0. The van der Waals surface area contributed by atoms with E-state index >= 15 is 0 Å². The van der Waals surface area contributed by atoms with Gasteiger partial charge in [-0.15, -0.1) is 11.3 Å². The minimum Gasteiger partial charge on any atom is -0.379 e. The summed E-state index contributed by atoms with van der Waals surface area (Å²) < 4.78 is 5.35. The van der Waals surface area contributed by atoms with E-state index in [9.17, 15) is 0 Å². The summed E-state index contributed by atoms with van der Waals surface area (Å²) in [4.78, 5) is 3.67. The first-order valence-electron chi connectivity index (χ1n) is 5.26. The standard InChI is InChI=1S/C11H18N2OS/c1-13(7-10-3-2-6-15-10)8-11(12)4-5-14-9-11/h2-3,6H,4-5,7-9,12H2,1H3. The zero-order valence-corrected chi connectivity index (χ0v) is 9.93. The van der Waals surface area contributed by atoms with E-state index in [1.54, 1.807) is 11.3 Å². The fourth-order valence-electron chi connectivity index (χ4n) is 2.01. The number of hydrogen-bond donors (Lipinski definition) is 1. The molecule has 3 nitrogen and oxygen atoms in total. The SMILES string of the molecule is CN(Cc1cccs1)CC1(N)CCOC1. The van der Waals surface area contributed by atoms with Gasteiger partial charge >= 0.3 is 0 Å². The van der Waals surface area contributed by atoms with Gasteiger partial charge in [0.2, 0.25) is 0 Å². The van der Waals surface area contributed by atoms with Crippen molar-refractivity contribution < 1.29 is 4.74 Å². The van der Waals surface area contributed by atoms with Crippen LogP contribution in [0.3, 0.4) is 0 Å². The van der Waals surface area contributed by atoms with Crippen LogP contribution in [0.4, 0.5) is 0 Å². The van der Waals surface area contributed by atoms with Gasteiger partial charge < -0.3 is 10.5 Å². The van der Waals surface area contributed by atoms with Crippen molar-refractivity contribution in [1.29, 1.82) is 0 Å². The topological polar surface area (TPSA) is 38.5 Å². The van der Waals surface area contributed by atoms with Crippen LogP contribution in [0.15, 0.2) is 17.5 Å². The Morgan fingerprint density at radius 1 is 1.67 bits per heavy atom. The van der Waals surface area contributed by atoms with Crippen molar-refractivity contribution in [2.45, 2.75) is 18.5 Å². The predicted molar refractivity (Wildman–Crippen MR) is 63.0 cm³/mol. The monoisotopic (exact) mass is 226 g/mol. The third kappa shape index (κ3) is 3.01. The Hall–Kier alpha value is -0.420. The molecule has 0 saturated carbocycles. The second kappa shape index (κ2) is 4.61. The molecule has 1 aromatic heterocycles. The molecule has 0 aliphatic carbocycles. The quantitative estimate of drug-likeness (QED) is 0.841. The van der Waals surface area contributed by atoms with E-state index in [0.717, 1.165) is 26.1 Å². The molecule has 4 heteroatoms. The third-order valence-electron chi connectivity index (χ3n) is 2.72. The Balaban J connectivity index is 1.84. The molecule has 0 radical (unpaired) electrons. The molecule has 2 rings (SSSR count). The van der Waals surface area contributed by atoms with Crippen molar-refractivity contribution in [3.05, 3.63) is 22.4 Å². The van der Waals surface area contributed by atoms with Crippen molar-refractivity contribution in [2.24, 2.45) is 5.73 Å². The van der Waals surface area contributed by atoms with Crippen LogP contribution in [-0.4, -0.2) is 37.2 Å². The number of thiophene rings is 1. The minimum atomic E-state index is -0.133. The average Bonchev–Trinajstić information content (AvgIpc) is 2.76. The first-order chi connectivity index (χ1) is 7.18. The van der Waals surface area contributed by atoms with Gasteiger partial charge in [0, 0.05) is 24.6 Å². The first-order valence-corrected chi connectivity index (χ1v) is 6.13. The van der Waals surface area contributed by atoms with E-state index in [4.69, 9.17) is 10.5 Å². The van der Waals surface area contributed by atoms with E-state index < -0.39 is 0 Å². The second-order valence-electron chi connectivity index (χ2n) is 4.42. The van der Waals surface area contributed by atoms with Crippen molar-refractivity contribution in [3.63, 3.8) is 0 Å². The number of ether oxygens (including phenoxy) is 1. The Morgan fingerprint density at radius 2 is 2.53 bits per heavy atom. The maximum absolute atomic E-state index is 6.23. The van der Waals surface area contributed by atoms with Crippen LogP contribution < -0.4 is 5.73 Å². The molecule has 1 fully saturated rings. The maximum atomic E-state index is 6.23. The smallest absolute Gasteiger partial charge is 0.0659 e. The van der Waals surface area contributed by atoms with Gasteiger partial charge in [0.15, 0.2) is 0 Å². The lowest BCUT2D eigenvalue weighted by Crippen LogP contribution is -2.49. The molecule has 84 valence electrons. The molecule has 2 N–H and O–H groups in total. The van der Waals surface area contributed by atoms with Crippen LogP contribution >= 0.6 is 11.3 Å². The largest absolute Gasteiger partial charge is 0.379 e. The lowest BCUT2D eigenvalue weighted by atomic mass is 10.00. The van der Waals surface area contributed by atoms with E-state index in [2.05, 4.69) is 29.5 Å². The molecular formula is C11H18N2OS. The van der Waals surface area contributed by atoms with Gasteiger partial charge in [-0.1, -0.05) is 6.07 Å². The van der Waals surface area contributed by atoms with Crippen molar-refractivity contribution in [2.75, 3.05) is 26.8 Å². The van der Waals surface area contributed by atoms with E-state index in [1.165, 1.54) is 4.88 Å². The van der Waals surface area contributed by atoms with Crippen molar-refractivity contribution in [1.82, 2.24) is 4.90 Å². The van der Waals surface area contributed by atoms with Crippen molar-refractivity contribution >= 4 is 11.3 Å².